The monoisotopic (exact) mass is 239 g/mol. The van der Waals surface area contributed by atoms with E-state index in [9.17, 15) is 9.90 Å². The Hall–Kier alpha value is -1.22. The van der Waals surface area contributed by atoms with Gasteiger partial charge in [0.15, 0.2) is 0 Å². The Morgan fingerprint density at radius 1 is 1.56 bits per heavy atom. The molecule has 0 atom stereocenters. The van der Waals surface area contributed by atoms with E-state index in [2.05, 4.69) is 5.32 Å². The highest BCUT2D eigenvalue weighted by Gasteiger charge is 2.43. The quantitative estimate of drug-likeness (QED) is 0.795. The minimum Gasteiger partial charge on any atom is -0.507 e. The molecule has 2 rings (SSSR count). The SMILES string of the molecule is Cc1ccc(O)c(C(=O)NC2(CCl)CC2)c1. The number of phenols is 1. The van der Waals surface area contributed by atoms with Gasteiger partial charge in [-0.25, -0.2) is 0 Å². The normalized spacial score (nSPS) is 16.9. The molecule has 0 unspecified atom stereocenters. The van der Waals surface area contributed by atoms with Crippen molar-refractivity contribution < 1.29 is 9.90 Å². The lowest BCUT2D eigenvalue weighted by molar-refractivity contribution is 0.0933. The predicted octanol–water partition coefficient (Wildman–Crippen LogP) is 2.20. The van der Waals surface area contributed by atoms with Crippen LogP contribution in [0, 0.1) is 6.92 Å². The molecule has 0 spiro atoms. The lowest BCUT2D eigenvalue weighted by atomic mass is 10.1. The molecule has 2 N–H and O–H groups in total. The summed E-state index contributed by atoms with van der Waals surface area (Å²) in [5.74, 6) is 0.179. The zero-order valence-electron chi connectivity index (χ0n) is 9.09. The second-order valence-electron chi connectivity index (χ2n) is 4.39. The van der Waals surface area contributed by atoms with Crippen LogP contribution in [-0.4, -0.2) is 22.4 Å². The van der Waals surface area contributed by atoms with Crippen molar-refractivity contribution in [3.05, 3.63) is 29.3 Å². The van der Waals surface area contributed by atoms with E-state index in [1.165, 1.54) is 6.07 Å². The van der Waals surface area contributed by atoms with Crippen LogP contribution in [0.2, 0.25) is 0 Å². The highest BCUT2D eigenvalue weighted by Crippen LogP contribution is 2.37. The highest BCUT2D eigenvalue weighted by molar-refractivity contribution is 6.19. The Kier molecular flexibility index (Phi) is 2.80. The predicted molar refractivity (Wildman–Crippen MR) is 63.0 cm³/mol. The van der Waals surface area contributed by atoms with Gasteiger partial charge in [-0.1, -0.05) is 11.6 Å². The number of hydrogen-bond donors (Lipinski definition) is 2. The maximum atomic E-state index is 11.9. The molecule has 0 aromatic heterocycles. The maximum absolute atomic E-state index is 11.9. The number of hydrogen-bond acceptors (Lipinski definition) is 2. The van der Waals surface area contributed by atoms with Crippen LogP contribution in [0.15, 0.2) is 18.2 Å². The molecule has 1 aliphatic rings. The zero-order valence-corrected chi connectivity index (χ0v) is 9.84. The van der Waals surface area contributed by atoms with Crippen LogP contribution in [-0.2, 0) is 0 Å². The molecule has 1 fully saturated rings. The average Bonchev–Trinajstić information content (AvgIpc) is 3.02. The van der Waals surface area contributed by atoms with Crippen LogP contribution < -0.4 is 5.32 Å². The number of carbonyl (C=O) groups is 1. The first-order valence-corrected chi connectivity index (χ1v) is 5.78. The molecule has 0 aliphatic heterocycles. The molecule has 1 aliphatic carbocycles. The van der Waals surface area contributed by atoms with E-state index in [1.807, 2.05) is 6.92 Å². The molecule has 0 saturated heterocycles. The number of alkyl halides is 1. The number of phenolic OH excluding ortho intramolecular Hbond substituents is 1. The fourth-order valence-corrected chi connectivity index (χ4v) is 1.92. The van der Waals surface area contributed by atoms with Gasteiger partial charge in [0.05, 0.1) is 11.1 Å². The number of carbonyl (C=O) groups excluding carboxylic acids is 1. The number of halogens is 1. The topological polar surface area (TPSA) is 49.3 Å². The second-order valence-corrected chi connectivity index (χ2v) is 4.66. The van der Waals surface area contributed by atoms with Crippen molar-refractivity contribution in [3.63, 3.8) is 0 Å². The first-order chi connectivity index (χ1) is 7.56. The van der Waals surface area contributed by atoms with Crippen molar-refractivity contribution in [1.82, 2.24) is 5.32 Å². The summed E-state index contributed by atoms with van der Waals surface area (Å²) in [5, 5.41) is 12.5. The van der Waals surface area contributed by atoms with Gasteiger partial charge in [0.25, 0.3) is 5.91 Å². The lowest BCUT2D eigenvalue weighted by Crippen LogP contribution is -2.38. The molecule has 1 aromatic rings. The van der Waals surface area contributed by atoms with E-state index in [0.717, 1.165) is 18.4 Å². The van der Waals surface area contributed by atoms with Crippen molar-refractivity contribution in [2.45, 2.75) is 25.3 Å². The van der Waals surface area contributed by atoms with E-state index in [4.69, 9.17) is 11.6 Å². The third-order valence-electron chi connectivity index (χ3n) is 2.88. The van der Waals surface area contributed by atoms with Crippen molar-refractivity contribution in [2.75, 3.05) is 5.88 Å². The Morgan fingerprint density at radius 2 is 2.25 bits per heavy atom. The number of nitrogens with one attached hydrogen (secondary N) is 1. The number of aryl methyl sites for hydroxylation is 1. The molecule has 4 heteroatoms. The van der Waals surface area contributed by atoms with Gasteiger partial charge < -0.3 is 10.4 Å². The third-order valence-corrected chi connectivity index (χ3v) is 3.40. The lowest BCUT2D eigenvalue weighted by Gasteiger charge is -2.14. The summed E-state index contributed by atoms with van der Waals surface area (Å²) in [4.78, 5) is 11.9. The molecule has 16 heavy (non-hydrogen) atoms. The fraction of sp³-hybridized carbons (Fsp3) is 0.417. The van der Waals surface area contributed by atoms with Gasteiger partial charge in [-0.05, 0) is 31.9 Å². The van der Waals surface area contributed by atoms with Crippen molar-refractivity contribution in [2.24, 2.45) is 0 Å². The Bertz CT molecular complexity index is 427. The molecule has 1 saturated carbocycles. The minimum absolute atomic E-state index is 0.00784. The van der Waals surface area contributed by atoms with Crippen LogP contribution in [0.1, 0.15) is 28.8 Å². The molecule has 1 amide bonds. The summed E-state index contributed by atoms with van der Waals surface area (Å²) in [7, 11) is 0. The van der Waals surface area contributed by atoms with Crippen molar-refractivity contribution in [1.29, 1.82) is 0 Å². The standard InChI is InChI=1S/C12H14ClNO2/c1-8-2-3-10(15)9(6-8)11(16)14-12(7-13)4-5-12/h2-3,6,15H,4-5,7H2,1H3,(H,14,16). The first kappa shape index (κ1) is 11.3. The molecular weight excluding hydrogens is 226 g/mol. The summed E-state index contributed by atoms with van der Waals surface area (Å²) in [5.41, 5.74) is 1.02. The molecular formula is C12H14ClNO2. The summed E-state index contributed by atoms with van der Waals surface area (Å²) in [6, 6.07) is 4.97. The summed E-state index contributed by atoms with van der Waals surface area (Å²) in [6.07, 6.45) is 1.82. The largest absolute Gasteiger partial charge is 0.507 e. The van der Waals surface area contributed by atoms with Gasteiger partial charge >= 0.3 is 0 Å². The van der Waals surface area contributed by atoms with E-state index in [1.54, 1.807) is 12.1 Å². The molecule has 0 radical (unpaired) electrons. The summed E-state index contributed by atoms with van der Waals surface area (Å²) >= 11 is 5.78. The molecule has 0 heterocycles. The summed E-state index contributed by atoms with van der Waals surface area (Å²) in [6.45, 7) is 1.88. The van der Waals surface area contributed by atoms with E-state index < -0.39 is 0 Å². The number of aromatic hydroxyl groups is 1. The van der Waals surface area contributed by atoms with E-state index in [-0.39, 0.29) is 17.2 Å². The third kappa shape index (κ3) is 2.14. The van der Waals surface area contributed by atoms with E-state index in [0.29, 0.717) is 11.4 Å². The van der Waals surface area contributed by atoms with Gasteiger partial charge in [0.2, 0.25) is 0 Å². The van der Waals surface area contributed by atoms with Gasteiger partial charge in [0, 0.05) is 5.88 Å². The van der Waals surface area contributed by atoms with Gasteiger partial charge in [0.1, 0.15) is 5.75 Å². The smallest absolute Gasteiger partial charge is 0.255 e. The molecule has 1 aromatic carbocycles. The van der Waals surface area contributed by atoms with Crippen LogP contribution >= 0.6 is 11.6 Å². The van der Waals surface area contributed by atoms with Gasteiger partial charge in [-0.15, -0.1) is 11.6 Å². The highest BCUT2D eigenvalue weighted by atomic mass is 35.5. The van der Waals surface area contributed by atoms with Crippen LogP contribution in [0.25, 0.3) is 0 Å². The summed E-state index contributed by atoms with van der Waals surface area (Å²) < 4.78 is 0. The number of amides is 1. The van der Waals surface area contributed by atoms with Crippen molar-refractivity contribution >= 4 is 17.5 Å². The number of benzene rings is 1. The average molecular weight is 240 g/mol. The molecule has 3 nitrogen and oxygen atoms in total. The minimum atomic E-state index is -0.251. The maximum Gasteiger partial charge on any atom is 0.255 e. The first-order valence-electron chi connectivity index (χ1n) is 5.24. The van der Waals surface area contributed by atoms with Crippen molar-refractivity contribution in [3.8, 4) is 5.75 Å². The second kappa shape index (κ2) is 3.98. The molecule has 86 valence electrons. The van der Waals surface area contributed by atoms with Crippen LogP contribution in [0.3, 0.4) is 0 Å². The van der Waals surface area contributed by atoms with Gasteiger partial charge in [-0.2, -0.15) is 0 Å². The Morgan fingerprint density at radius 3 is 2.81 bits per heavy atom. The Balaban J connectivity index is 2.17. The van der Waals surface area contributed by atoms with Crippen LogP contribution in [0.4, 0.5) is 0 Å². The van der Waals surface area contributed by atoms with Gasteiger partial charge in [-0.3, -0.25) is 4.79 Å². The molecule has 0 bridgehead atoms. The van der Waals surface area contributed by atoms with Crippen LogP contribution in [0.5, 0.6) is 5.75 Å². The zero-order chi connectivity index (χ0) is 11.8. The Labute approximate surface area is 99.4 Å². The van der Waals surface area contributed by atoms with E-state index >= 15 is 0 Å². The number of rotatable bonds is 3. The fourth-order valence-electron chi connectivity index (χ4n) is 1.58.